The Labute approximate surface area is 154 Å². The molecule has 7 nitrogen and oxygen atoms in total. The smallest absolute Gasteiger partial charge is 0.243 e. The Hall–Kier alpha value is -1.93. The van der Waals surface area contributed by atoms with E-state index in [9.17, 15) is 18.0 Å². The Morgan fingerprint density at radius 3 is 2.35 bits per heavy atom. The van der Waals surface area contributed by atoms with E-state index in [2.05, 4.69) is 5.32 Å². The Kier molecular flexibility index (Phi) is 5.62. The van der Waals surface area contributed by atoms with Gasteiger partial charge in [-0.1, -0.05) is 6.07 Å². The van der Waals surface area contributed by atoms with Crippen LogP contribution in [0, 0.1) is 5.92 Å². The normalized spacial score (nSPS) is 19.5. The third-order valence-corrected chi connectivity index (χ3v) is 7.01. The molecule has 0 unspecified atom stereocenters. The predicted molar refractivity (Wildman–Crippen MR) is 98.0 cm³/mol. The van der Waals surface area contributed by atoms with Crippen LogP contribution >= 0.6 is 0 Å². The molecular weight excluding hydrogens is 354 g/mol. The van der Waals surface area contributed by atoms with Crippen LogP contribution in [0.1, 0.15) is 32.6 Å². The third kappa shape index (κ3) is 4.07. The molecule has 2 aliphatic rings. The fourth-order valence-corrected chi connectivity index (χ4v) is 5.08. The molecule has 1 aromatic rings. The van der Waals surface area contributed by atoms with Crippen LogP contribution < -0.4 is 5.32 Å². The van der Waals surface area contributed by atoms with Crippen LogP contribution in [0.4, 0.5) is 5.69 Å². The molecule has 0 aliphatic carbocycles. The van der Waals surface area contributed by atoms with Gasteiger partial charge in [0.2, 0.25) is 21.8 Å². The van der Waals surface area contributed by atoms with Crippen LogP contribution in [-0.2, 0) is 19.6 Å². The topological polar surface area (TPSA) is 86.8 Å². The SMILES string of the molecule is CC(=O)N1CCC(C(=O)Nc2cccc(S(=O)(=O)N3CCCC3)c2)CC1. The molecule has 2 fully saturated rings. The van der Waals surface area contributed by atoms with E-state index in [0.717, 1.165) is 12.8 Å². The van der Waals surface area contributed by atoms with E-state index in [1.165, 1.54) is 17.3 Å². The van der Waals surface area contributed by atoms with E-state index in [1.54, 1.807) is 23.1 Å². The first-order valence-corrected chi connectivity index (χ1v) is 10.5. The number of carbonyl (C=O) groups excluding carboxylic acids is 2. The molecule has 0 atom stereocenters. The minimum absolute atomic E-state index is 0.0312. The number of hydrogen-bond acceptors (Lipinski definition) is 4. The van der Waals surface area contributed by atoms with Gasteiger partial charge in [0.25, 0.3) is 0 Å². The van der Waals surface area contributed by atoms with Gasteiger partial charge in [-0.2, -0.15) is 4.31 Å². The molecule has 2 saturated heterocycles. The number of nitrogens with one attached hydrogen (secondary N) is 1. The lowest BCUT2D eigenvalue weighted by Crippen LogP contribution is -2.40. The summed E-state index contributed by atoms with van der Waals surface area (Å²) in [4.78, 5) is 25.8. The van der Waals surface area contributed by atoms with Crippen molar-refractivity contribution < 1.29 is 18.0 Å². The number of sulfonamides is 1. The number of benzene rings is 1. The molecule has 3 rings (SSSR count). The number of amides is 2. The average Bonchev–Trinajstić information content (AvgIpc) is 3.17. The number of nitrogens with zero attached hydrogens (tertiary/aromatic N) is 2. The van der Waals surface area contributed by atoms with Gasteiger partial charge in [-0.3, -0.25) is 9.59 Å². The van der Waals surface area contributed by atoms with Crippen LogP contribution in [0.5, 0.6) is 0 Å². The lowest BCUT2D eigenvalue weighted by Gasteiger charge is -2.30. The van der Waals surface area contributed by atoms with Crippen molar-refractivity contribution in [2.45, 2.75) is 37.5 Å². The maximum atomic E-state index is 12.6. The highest BCUT2D eigenvalue weighted by Crippen LogP contribution is 2.24. The number of rotatable bonds is 4. The van der Waals surface area contributed by atoms with Crippen molar-refractivity contribution in [2.75, 3.05) is 31.5 Å². The van der Waals surface area contributed by atoms with Crippen molar-refractivity contribution in [3.63, 3.8) is 0 Å². The lowest BCUT2D eigenvalue weighted by atomic mass is 9.96. The maximum absolute atomic E-state index is 12.6. The summed E-state index contributed by atoms with van der Waals surface area (Å²) >= 11 is 0. The van der Waals surface area contributed by atoms with Crippen LogP contribution in [0.2, 0.25) is 0 Å². The number of piperidine rings is 1. The molecule has 1 aromatic carbocycles. The van der Waals surface area contributed by atoms with Gasteiger partial charge in [0.1, 0.15) is 0 Å². The third-order valence-electron chi connectivity index (χ3n) is 5.12. The standard InChI is InChI=1S/C18H25N3O4S/c1-14(22)20-11-7-15(8-12-20)18(23)19-16-5-4-6-17(13-16)26(24,25)21-9-2-3-10-21/h4-6,13,15H,2-3,7-12H2,1H3,(H,19,23). The summed E-state index contributed by atoms with van der Waals surface area (Å²) in [6.45, 7) is 3.79. The van der Waals surface area contributed by atoms with Crippen molar-refractivity contribution in [1.82, 2.24) is 9.21 Å². The average molecular weight is 379 g/mol. The van der Waals surface area contributed by atoms with Gasteiger partial charge in [0.15, 0.2) is 0 Å². The zero-order valence-corrected chi connectivity index (χ0v) is 15.8. The number of anilines is 1. The molecule has 0 bridgehead atoms. The van der Waals surface area contributed by atoms with Gasteiger partial charge in [0, 0.05) is 44.7 Å². The van der Waals surface area contributed by atoms with Crippen LogP contribution in [0.25, 0.3) is 0 Å². The Bertz CT molecular complexity index is 779. The molecule has 8 heteroatoms. The van der Waals surface area contributed by atoms with E-state index in [-0.39, 0.29) is 22.6 Å². The van der Waals surface area contributed by atoms with Gasteiger partial charge >= 0.3 is 0 Å². The van der Waals surface area contributed by atoms with Crippen molar-refractivity contribution >= 4 is 27.5 Å². The fourth-order valence-electron chi connectivity index (χ4n) is 3.51. The second-order valence-electron chi connectivity index (χ2n) is 6.91. The number of likely N-dealkylation sites (tertiary alicyclic amines) is 1. The van der Waals surface area contributed by atoms with Crippen LogP contribution in [0.3, 0.4) is 0 Å². The highest BCUT2D eigenvalue weighted by atomic mass is 32.2. The minimum Gasteiger partial charge on any atom is -0.343 e. The largest absolute Gasteiger partial charge is 0.343 e. The van der Waals surface area contributed by atoms with Crippen molar-refractivity contribution in [3.8, 4) is 0 Å². The van der Waals surface area contributed by atoms with Crippen LogP contribution in [-0.4, -0.2) is 55.6 Å². The summed E-state index contributed by atoms with van der Waals surface area (Å²) in [7, 11) is -3.50. The number of carbonyl (C=O) groups is 2. The molecule has 142 valence electrons. The van der Waals surface area contributed by atoms with Crippen LogP contribution in [0.15, 0.2) is 29.2 Å². The first-order valence-electron chi connectivity index (χ1n) is 9.04. The molecule has 2 amide bonds. The Balaban J connectivity index is 1.65. The quantitative estimate of drug-likeness (QED) is 0.862. The first-order chi connectivity index (χ1) is 12.4. The van der Waals surface area contributed by atoms with E-state index < -0.39 is 10.0 Å². The fraction of sp³-hybridized carbons (Fsp3) is 0.556. The summed E-state index contributed by atoms with van der Waals surface area (Å²) in [5, 5.41) is 2.83. The molecule has 1 N–H and O–H groups in total. The van der Waals surface area contributed by atoms with Gasteiger partial charge in [0.05, 0.1) is 4.90 Å². The predicted octanol–water partition coefficient (Wildman–Crippen LogP) is 1.67. The molecular formula is C18H25N3O4S. The van der Waals surface area contributed by atoms with E-state index in [4.69, 9.17) is 0 Å². The molecule has 2 heterocycles. The molecule has 26 heavy (non-hydrogen) atoms. The van der Waals surface area contributed by atoms with Gasteiger partial charge in [-0.05, 0) is 43.9 Å². The summed E-state index contributed by atoms with van der Waals surface area (Å²) in [5.41, 5.74) is 0.490. The molecule has 0 saturated carbocycles. The Morgan fingerprint density at radius 2 is 1.73 bits per heavy atom. The molecule has 0 spiro atoms. The highest BCUT2D eigenvalue weighted by Gasteiger charge is 2.28. The number of hydrogen-bond donors (Lipinski definition) is 1. The maximum Gasteiger partial charge on any atom is 0.243 e. The summed E-state index contributed by atoms with van der Waals surface area (Å²) in [5.74, 6) is -0.253. The van der Waals surface area contributed by atoms with E-state index in [1.807, 2.05) is 0 Å². The second kappa shape index (κ2) is 7.75. The van der Waals surface area contributed by atoms with E-state index in [0.29, 0.717) is 44.7 Å². The first kappa shape index (κ1) is 18.8. The lowest BCUT2D eigenvalue weighted by molar-refractivity contribution is -0.132. The summed E-state index contributed by atoms with van der Waals surface area (Å²) in [6.07, 6.45) is 3.01. The van der Waals surface area contributed by atoms with Crippen molar-refractivity contribution in [1.29, 1.82) is 0 Å². The van der Waals surface area contributed by atoms with Crippen molar-refractivity contribution in [3.05, 3.63) is 24.3 Å². The van der Waals surface area contributed by atoms with Gasteiger partial charge in [-0.25, -0.2) is 8.42 Å². The summed E-state index contributed by atoms with van der Waals surface area (Å²) in [6, 6.07) is 6.44. The highest BCUT2D eigenvalue weighted by molar-refractivity contribution is 7.89. The molecule has 0 radical (unpaired) electrons. The van der Waals surface area contributed by atoms with E-state index >= 15 is 0 Å². The molecule has 2 aliphatic heterocycles. The summed E-state index contributed by atoms with van der Waals surface area (Å²) < 4.78 is 26.8. The van der Waals surface area contributed by atoms with Gasteiger partial charge in [-0.15, -0.1) is 0 Å². The minimum atomic E-state index is -3.50. The monoisotopic (exact) mass is 379 g/mol. The Morgan fingerprint density at radius 1 is 1.08 bits per heavy atom. The van der Waals surface area contributed by atoms with Crippen molar-refractivity contribution in [2.24, 2.45) is 5.92 Å². The zero-order valence-electron chi connectivity index (χ0n) is 15.0. The molecule has 0 aromatic heterocycles. The second-order valence-corrected chi connectivity index (χ2v) is 8.85. The zero-order chi connectivity index (χ0) is 18.7. The van der Waals surface area contributed by atoms with Gasteiger partial charge < -0.3 is 10.2 Å².